The number of unbranched alkanes of at least 4 members (excludes halogenated alkanes) is 5. The van der Waals surface area contributed by atoms with Crippen molar-refractivity contribution in [3.63, 3.8) is 0 Å². The Morgan fingerprint density at radius 3 is 1.36 bits per heavy atom. The van der Waals surface area contributed by atoms with Crippen LogP contribution in [0.25, 0.3) is 33.4 Å². The van der Waals surface area contributed by atoms with Crippen LogP contribution in [-0.4, -0.2) is 13.2 Å². The summed E-state index contributed by atoms with van der Waals surface area (Å²) in [4.78, 5) is 8.46. The molecule has 9 rings (SSSR count). The van der Waals surface area contributed by atoms with Crippen molar-refractivity contribution in [2.24, 2.45) is 0 Å². The zero-order valence-corrected chi connectivity index (χ0v) is 34.9. The van der Waals surface area contributed by atoms with Gasteiger partial charge in [0.2, 0.25) is 0 Å². The van der Waals surface area contributed by atoms with Gasteiger partial charge in [0.15, 0.2) is 0 Å². The van der Waals surface area contributed by atoms with E-state index in [1.165, 1.54) is 88.4 Å². The summed E-state index contributed by atoms with van der Waals surface area (Å²) in [7, 11) is 0. The first-order valence-electron chi connectivity index (χ1n) is 18.8. The molecule has 3 aliphatic rings. The summed E-state index contributed by atoms with van der Waals surface area (Å²) in [5.74, 6) is 1.91. The van der Waals surface area contributed by atoms with E-state index in [9.17, 15) is 0 Å². The lowest BCUT2D eigenvalue weighted by Crippen LogP contribution is -2.38. The van der Waals surface area contributed by atoms with E-state index in [0.29, 0.717) is 0 Å². The van der Waals surface area contributed by atoms with Gasteiger partial charge in [-0.1, -0.05) is 129 Å². The summed E-state index contributed by atoms with van der Waals surface area (Å²) in [5.41, 5.74) is 7.79. The average molecular weight is 807 g/mol. The lowest BCUT2D eigenvalue weighted by molar-refractivity contribution is 0.304. The van der Waals surface area contributed by atoms with Gasteiger partial charge in [0.05, 0.1) is 13.2 Å². The molecule has 1 aliphatic carbocycles. The first kappa shape index (κ1) is 35.9. The fourth-order valence-electron chi connectivity index (χ4n) is 7.39. The largest absolute Gasteiger partial charge is 0.494 e. The van der Waals surface area contributed by atoms with Crippen molar-refractivity contribution in [2.75, 3.05) is 13.2 Å². The number of thiophene rings is 2. The molecule has 270 valence electrons. The quantitative estimate of drug-likeness (QED) is 0.107. The zero-order chi connectivity index (χ0) is 35.8. The van der Waals surface area contributed by atoms with E-state index in [4.69, 9.17) is 9.47 Å². The van der Waals surface area contributed by atoms with Crippen molar-refractivity contribution >= 4 is 69.7 Å². The number of thioether (sulfide) groups is 4. The maximum Gasteiger partial charge on any atom is 0.134 e. The summed E-state index contributed by atoms with van der Waals surface area (Å²) in [6.45, 7) is 6.02. The molecule has 4 aromatic carbocycles. The summed E-state index contributed by atoms with van der Waals surface area (Å²) in [5, 5.41) is 4.62. The molecule has 2 unspecified atom stereocenters. The van der Waals surface area contributed by atoms with E-state index in [-0.39, 0.29) is 8.16 Å². The van der Waals surface area contributed by atoms with Gasteiger partial charge in [0.1, 0.15) is 19.7 Å². The molecular weight excluding hydrogens is 765 g/mol. The Morgan fingerprint density at radius 2 is 0.868 bits per heavy atom. The molecule has 0 fully saturated rings. The Morgan fingerprint density at radius 1 is 0.434 bits per heavy atom. The topological polar surface area (TPSA) is 18.5 Å². The second kappa shape index (κ2) is 15.4. The number of rotatable bonds is 13. The SMILES string of the molecule is CCCCCCCOc1ccc(-c2ccc3c(c2)SC2(S3)c3sccc3-c3ccsc3C23Sc2ccc(-c4ccc(OCCCC)cc4)cc2S3)cc1. The van der Waals surface area contributed by atoms with Crippen molar-refractivity contribution in [1.82, 2.24) is 0 Å². The fraction of sp³-hybridized carbons (Fsp3) is 0.289. The van der Waals surface area contributed by atoms with E-state index < -0.39 is 0 Å². The molecule has 0 saturated heterocycles. The van der Waals surface area contributed by atoms with Crippen LogP contribution in [0, 0.1) is 0 Å². The minimum Gasteiger partial charge on any atom is -0.494 e. The first-order valence-corrected chi connectivity index (χ1v) is 23.8. The molecule has 0 bridgehead atoms. The van der Waals surface area contributed by atoms with Crippen LogP contribution in [0.3, 0.4) is 0 Å². The highest BCUT2D eigenvalue weighted by molar-refractivity contribution is 8.26. The second-order valence-corrected chi connectivity index (χ2v) is 21.2. The van der Waals surface area contributed by atoms with E-state index >= 15 is 0 Å². The van der Waals surface area contributed by atoms with Crippen molar-refractivity contribution in [3.05, 3.63) is 118 Å². The number of hydrogen-bond acceptors (Lipinski definition) is 8. The van der Waals surface area contributed by atoms with Crippen LogP contribution in [-0.2, 0) is 8.16 Å². The van der Waals surface area contributed by atoms with Crippen LogP contribution in [0.2, 0.25) is 0 Å². The Labute approximate surface area is 338 Å². The van der Waals surface area contributed by atoms with Crippen LogP contribution < -0.4 is 9.47 Å². The summed E-state index contributed by atoms with van der Waals surface area (Å²) in [6.07, 6.45) is 8.47. The molecule has 0 saturated carbocycles. The molecule has 0 radical (unpaired) electrons. The Bertz CT molecular complexity index is 2220. The maximum absolute atomic E-state index is 6.09. The highest BCUT2D eigenvalue weighted by Gasteiger charge is 2.66. The smallest absolute Gasteiger partial charge is 0.134 e. The maximum atomic E-state index is 6.09. The summed E-state index contributed by atoms with van der Waals surface area (Å²) < 4.78 is 11.6. The van der Waals surface area contributed by atoms with Crippen LogP contribution in [0.5, 0.6) is 11.5 Å². The Balaban J connectivity index is 1.01. The van der Waals surface area contributed by atoms with Gasteiger partial charge in [-0.25, -0.2) is 0 Å². The van der Waals surface area contributed by atoms with E-state index in [1.54, 1.807) is 0 Å². The minimum absolute atomic E-state index is 0.212. The standard InChI is InChI=1S/C45H42O2S6/c1-3-5-7-8-9-25-47-35-18-12-31(13-19-35)33-15-21-39-41(29-33)53-45(51-39)43-37(23-27-49-43)36-22-26-48-42(36)44(45)50-38-20-14-32(28-40(38)52-44)30-10-16-34(17-11-30)46-24-6-4-2/h10-23,26-29H,3-9,24-25H2,1-2H3. The van der Waals surface area contributed by atoms with Gasteiger partial charge < -0.3 is 9.47 Å². The number of ether oxygens (including phenoxy) is 2. The molecule has 53 heavy (non-hydrogen) atoms. The highest BCUT2D eigenvalue weighted by Crippen LogP contribution is 2.83. The normalized spacial score (nSPS) is 19.3. The molecule has 4 heterocycles. The van der Waals surface area contributed by atoms with Gasteiger partial charge in [0, 0.05) is 29.3 Å². The predicted molar refractivity (Wildman–Crippen MR) is 233 cm³/mol. The molecule has 0 amide bonds. The molecule has 8 heteroatoms. The average Bonchev–Trinajstić information content (AvgIpc) is 4.01. The number of hydrogen-bond donors (Lipinski definition) is 0. The van der Waals surface area contributed by atoms with Crippen LogP contribution in [0.1, 0.15) is 68.5 Å². The highest BCUT2D eigenvalue weighted by atomic mass is 32.2. The molecular formula is C45H42O2S6. The van der Waals surface area contributed by atoms with E-state index in [0.717, 1.165) is 44.0 Å². The molecule has 2 atom stereocenters. The second-order valence-electron chi connectivity index (χ2n) is 13.8. The predicted octanol–water partition coefficient (Wildman–Crippen LogP) is 15.5. The Kier molecular flexibility index (Phi) is 10.5. The third kappa shape index (κ3) is 6.59. The molecule has 2 aliphatic heterocycles. The molecule has 2 aromatic heterocycles. The van der Waals surface area contributed by atoms with Crippen molar-refractivity contribution in [1.29, 1.82) is 0 Å². The van der Waals surface area contributed by atoms with Gasteiger partial charge in [-0.2, -0.15) is 0 Å². The summed E-state index contributed by atoms with van der Waals surface area (Å²) >= 11 is 12.2. The van der Waals surface area contributed by atoms with Crippen LogP contribution in [0.15, 0.2) is 127 Å². The van der Waals surface area contributed by atoms with E-state index in [1.807, 2.05) is 22.7 Å². The first-order chi connectivity index (χ1) is 26.1. The van der Waals surface area contributed by atoms with Crippen molar-refractivity contribution in [3.8, 4) is 44.9 Å². The van der Waals surface area contributed by atoms with Crippen molar-refractivity contribution < 1.29 is 9.47 Å². The zero-order valence-electron chi connectivity index (χ0n) is 30.0. The van der Waals surface area contributed by atoms with Crippen LogP contribution >= 0.6 is 69.7 Å². The van der Waals surface area contributed by atoms with Gasteiger partial charge in [-0.05, 0) is 118 Å². The molecule has 6 aromatic rings. The lowest BCUT2D eigenvalue weighted by atomic mass is 9.96. The van der Waals surface area contributed by atoms with Gasteiger partial charge >= 0.3 is 0 Å². The van der Waals surface area contributed by atoms with Gasteiger partial charge in [-0.3, -0.25) is 0 Å². The van der Waals surface area contributed by atoms with Crippen LogP contribution in [0.4, 0.5) is 0 Å². The number of benzene rings is 4. The third-order valence-electron chi connectivity index (χ3n) is 10.2. The Hall–Kier alpha value is -2.72. The van der Waals surface area contributed by atoms with E-state index in [2.05, 4.69) is 169 Å². The van der Waals surface area contributed by atoms with Gasteiger partial charge in [-0.15, -0.1) is 22.7 Å². The fourth-order valence-corrected chi connectivity index (χ4v) is 17.8. The molecule has 0 N–H and O–H groups in total. The number of fused-ring (bicyclic) bond motifs is 8. The molecule has 2 spiro atoms. The van der Waals surface area contributed by atoms with Gasteiger partial charge in [0.25, 0.3) is 0 Å². The van der Waals surface area contributed by atoms with Crippen molar-refractivity contribution in [2.45, 2.75) is 86.5 Å². The monoisotopic (exact) mass is 806 g/mol. The summed E-state index contributed by atoms with van der Waals surface area (Å²) in [6, 6.07) is 36.3. The minimum atomic E-state index is -0.212. The third-order valence-corrected chi connectivity index (χ3v) is 20.0. The lowest BCUT2D eigenvalue weighted by Gasteiger charge is -2.46. The molecule has 2 nitrogen and oxygen atoms in total.